The Hall–Kier alpha value is -0.290. The van der Waals surface area contributed by atoms with Gasteiger partial charge in [0.1, 0.15) is 0 Å². The maximum atomic E-state index is 11.8. The predicted molar refractivity (Wildman–Crippen MR) is 75.1 cm³/mol. The summed E-state index contributed by atoms with van der Waals surface area (Å²) in [4.78, 5) is 11.8. The van der Waals surface area contributed by atoms with Crippen LogP contribution in [0.5, 0.6) is 0 Å². The largest absolute Gasteiger partial charge is 0.352 e. The van der Waals surface area contributed by atoms with Crippen LogP contribution >= 0.6 is 39.9 Å². The van der Waals surface area contributed by atoms with Crippen LogP contribution in [0.1, 0.15) is 10.4 Å². The quantitative estimate of drug-likeness (QED) is 0.888. The minimum atomic E-state index is -0.0598. The van der Waals surface area contributed by atoms with Crippen LogP contribution in [0.4, 0.5) is 0 Å². The summed E-state index contributed by atoms with van der Waals surface area (Å²) in [6.07, 6.45) is 0. The topological polar surface area (TPSA) is 41.1 Å². The van der Waals surface area contributed by atoms with Gasteiger partial charge in [-0.3, -0.25) is 4.79 Å². The summed E-state index contributed by atoms with van der Waals surface area (Å²) in [5, 5.41) is 6.69. The van der Waals surface area contributed by atoms with Gasteiger partial charge in [0.15, 0.2) is 0 Å². The molecule has 0 atom stereocenters. The van der Waals surface area contributed by atoms with Gasteiger partial charge in [0, 0.05) is 35.0 Å². The lowest BCUT2D eigenvalue weighted by atomic mass is 10.0. The maximum Gasteiger partial charge on any atom is 0.252 e. The Kier molecular flexibility index (Phi) is 5.73. The van der Waals surface area contributed by atoms with E-state index in [4.69, 9.17) is 11.6 Å². The first-order valence-electron chi connectivity index (χ1n) is 5.11. The van der Waals surface area contributed by atoms with Crippen molar-refractivity contribution in [3.05, 3.63) is 33.3 Å². The van der Waals surface area contributed by atoms with E-state index in [1.165, 1.54) is 0 Å². The highest BCUT2D eigenvalue weighted by atomic mass is 79.9. The molecule has 1 aromatic rings. The van der Waals surface area contributed by atoms with Gasteiger partial charge in [-0.25, -0.2) is 0 Å². The molecule has 2 N–H and O–H groups in total. The average molecular weight is 340 g/mol. The van der Waals surface area contributed by atoms with Gasteiger partial charge in [-0.05, 0) is 34.1 Å². The molecule has 0 bridgehead atoms. The minimum Gasteiger partial charge on any atom is -0.352 e. The third kappa shape index (κ3) is 3.85. The van der Waals surface area contributed by atoms with Crippen LogP contribution in [0.25, 0.3) is 0 Å². The van der Waals surface area contributed by atoms with E-state index in [0.29, 0.717) is 16.5 Å². The fourth-order valence-electron chi connectivity index (χ4n) is 1.50. The predicted octanol–water partition coefficient (Wildman–Crippen LogP) is 2.47. The third-order valence-corrected chi connectivity index (χ3v) is 3.48. The fourth-order valence-corrected chi connectivity index (χ4v) is 2.36. The monoisotopic (exact) mass is 338 g/mol. The summed E-state index contributed by atoms with van der Waals surface area (Å²) < 4.78 is 0.726. The molecular weight excluding hydrogens is 327 g/mol. The van der Waals surface area contributed by atoms with Crippen LogP contribution in [-0.4, -0.2) is 25.5 Å². The molecule has 0 spiro atoms. The molecule has 1 heterocycles. The number of amides is 1. The van der Waals surface area contributed by atoms with Crippen LogP contribution in [0, 0.1) is 5.92 Å². The van der Waals surface area contributed by atoms with E-state index in [9.17, 15) is 4.79 Å². The Morgan fingerprint density at radius 1 is 1.53 bits per heavy atom. The number of benzene rings is 1. The second kappa shape index (κ2) is 6.59. The van der Waals surface area contributed by atoms with Gasteiger partial charge in [0.2, 0.25) is 0 Å². The van der Waals surface area contributed by atoms with Crippen molar-refractivity contribution in [1.82, 2.24) is 10.6 Å². The van der Waals surface area contributed by atoms with E-state index < -0.39 is 0 Å². The van der Waals surface area contributed by atoms with E-state index in [-0.39, 0.29) is 18.3 Å². The van der Waals surface area contributed by atoms with Crippen molar-refractivity contribution in [1.29, 1.82) is 0 Å². The molecule has 17 heavy (non-hydrogen) atoms. The molecule has 0 unspecified atom stereocenters. The van der Waals surface area contributed by atoms with Crippen molar-refractivity contribution in [2.24, 2.45) is 5.92 Å². The summed E-state index contributed by atoms with van der Waals surface area (Å²) in [6, 6.07) is 5.16. The van der Waals surface area contributed by atoms with Crippen LogP contribution in [0.3, 0.4) is 0 Å². The number of carbonyl (C=O) groups excluding carboxylic acids is 1. The summed E-state index contributed by atoms with van der Waals surface area (Å²) in [7, 11) is 0. The second-order valence-corrected chi connectivity index (χ2v) is 5.15. The van der Waals surface area contributed by atoms with Crippen LogP contribution in [0.15, 0.2) is 22.7 Å². The van der Waals surface area contributed by atoms with Gasteiger partial charge in [0.05, 0.1) is 5.56 Å². The normalized spacial score (nSPS) is 14.7. The second-order valence-electron chi connectivity index (χ2n) is 3.86. The standard InChI is InChI=1S/C11H12BrClN2O.ClH/c12-10-3-8(13)1-2-9(10)11(16)15-6-7-4-14-5-7;/h1-3,7,14H,4-6H2,(H,15,16);1H. The van der Waals surface area contributed by atoms with E-state index >= 15 is 0 Å². The lowest BCUT2D eigenvalue weighted by Crippen LogP contribution is -2.48. The summed E-state index contributed by atoms with van der Waals surface area (Å²) >= 11 is 9.14. The SMILES string of the molecule is Cl.O=C(NCC1CNC1)c1ccc(Cl)cc1Br. The summed E-state index contributed by atoms with van der Waals surface area (Å²) in [5.41, 5.74) is 0.622. The highest BCUT2D eigenvalue weighted by Crippen LogP contribution is 2.21. The summed E-state index contributed by atoms with van der Waals surface area (Å²) in [6.45, 7) is 2.70. The number of halogens is 3. The first-order chi connectivity index (χ1) is 7.66. The zero-order valence-electron chi connectivity index (χ0n) is 9.00. The van der Waals surface area contributed by atoms with Crippen molar-refractivity contribution in [3.8, 4) is 0 Å². The molecule has 1 fully saturated rings. The van der Waals surface area contributed by atoms with Crippen molar-refractivity contribution in [3.63, 3.8) is 0 Å². The first kappa shape index (κ1) is 14.8. The molecule has 1 aromatic carbocycles. The number of hydrogen-bond acceptors (Lipinski definition) is 2. The number of hydrogen-bond donors (Lipinski definition) is 2. The lowest BCUT2D eigenvalue weighted by molar-refractivity contribution is 0.0941. The molecule has 0 radical (unpaired) electrons. The van der Waals surface area contributed by atoms with Gasteiger partial charge in [0.25, 0.3) is 5.91 Å². The molecule has 1 aliphatic heterocycles. The highest BCUT2D eigenvalue weighted by Gasteiger charge is 2.18. The van der Waals surface area contributed by atoms with Crippen LogP contribution in [0.2, 0.25) is 5.02 Å². The van der Waals surface area contributed by atoms with Crippen LogP contribution in [-0.2, 0) is 0 Å². The van der Waals surface area contributed by atoms with Crippen molar-refractivity contribution in [2.75, 3.05) is 19.6 Å². The molecule has 94 valence electrons. The Bertz CT molecular complexity index is 410. The molecule has 2 rings (SSSR count). The number of rotatable bonds is 3. The molecule has 0 aromatic heterocycles. The molecule has 3 nitrogen and oxygen atoms in total. The Morgan fingerprint density at radius 3 is 2.76 bits per heavy atom. The van der Waals surface area contributed by atoms with Gasteiger partial charge in [-0.1, -0.05) is 11.6 Å². The Labute approximate surface area is 120 Å². The third-order valence-electron chi connectivity index (χ3n) is 2.59. The highest BCUT2D eigenvalue weighted by molar-refractivity contribution is 9.10. The van der Waals surface area contributed by atoms with Crippen molar-refractivity contribution >= 4 is 45.8 Å². The maximum absolute atomic E-state index is 11.8. The molecular formula is C11H13BrCl2N2O. The zero-order chi connectivity index (χ0) is 11.5. The molecule has 1 saturated heterocycles. The van der Waals surface area contributed by atoms with E-state index in [2.05, 4.69) is 26.6 Å². The first-order valence-corrected chi connectivity index (χ1v) is 6.28. The van der Waals surface area contributed by atoms with Gasteiger partial charge in [-0.2, -0.15) is 0 Å². The van der Waals surface area contributed by atoms with Crippen molar-refractivity contribution in [2.45, 2.75) is 0 Å². The minimum absolute atomic E-state index is 0. The zero-order valence-corrected chi connectivity index (χ0v) is 12.2. The smallest absolute Gasteiger partial charge is 0.252 e. The molecule has 6 heteroatoms. The number of carbonyl (C=O) groups is 1. The number of nitrogens with one attached hydrogen (secondary N) is 2. The van der Waals surface area contributed by atoms with E-state index in [1.54, 1.807) is 18.2 Å². The summed E-state index contributed by atoms with van der Waals surface area (Å²) in [5.74, 6) is 0.505. The van der Waals surface area contributed by atoms with E-state index in [1.807, 2.05) is 0 Å². The Morgan fingerprint density at radius 2 is 2.24 bits per heavy atom. The molecule has 1 amide bonds. The lowest BCUT2D eigenvalue weighted by Gasteiger charge is -2.27. The Balaban J connectivity index is 0.00000144. The van der Waals surface area contributed by atoms with Crippen LogP contribution < -0.4 is 10.6 Å². The van der Waals surface area contributed by atoms with Gasteiger partial charge in [-0.15, -0.1) is 12.4 Å². The van der Waals surface area contributed by atoms with Gasteiger partial charge < -0.3 is 10.6 Å². The molecule has 0 saturated carbocycles. The van der Waals surface area contributed by atoms with E-state index in [0.717, 1.165) is 24.1 Å². The van der Waals surface area contributed by atoms with Crippen molar-refractivity contribution < 1.29 is 4.79 Å². The van der Waals surface area contributed by atoms with Gasteiger partial charge >= 0.3 is 0 Å². The molecule has 0 aliphatic carbocycles. The average Bonchev–Trinajstić information content (AvgIpc) is 2.14. The fraction of sp³-hybridized carbons (Fsp3) is 0.364. The molecule has 1 aliphatic rings.